The maximum absolute atomic E-state index is 10.0. The maximum Gasteiger partial charge on any atom is 0.254 e. The molecule has 0 aliphatic rings. The summed E-state index contributed by atoms with van der Waals surface area (Å²) in [4.78, 5) is 13.7. The number of carbonyl (C=O) groups excluding carboxylic acids is 1. The van der Waals surface area contributed by atoms with Gasteiger partial charge in [-0.05, 0) is 28.1 Å². The van der Waals surface area contributed by atoms with Crippen molar-refractivity contribution in [1.82, 2.24) is 4.98 Å². The molecule has 1 aromatic rings. The molecule has 1 heterocycles. The van der Waals surface area contributed by atoms with Crippen LogP contribution in [0.5, 0.6) is 0 Å². The van der Waals surface area contributed by atoms with Crippen LogP contribution in [0.25, 0.3) is 0 Å². The van der Waals surface area contributed by atoms with E-state index in [9.17, 15) is 4.79 Å². The highest BCUT2D eigenvalue weighted by Crippen LogP contribution is 2.09. The van der Waals surface area contributed by atoms with E-state index in [1.54, 1.807) is 24.6 Å². The van der Waals surface area contributed by atoms with Crippen LogP contribution >= 0.6 is 15.9 Å². The molecule has 0 unspecified atom stereocenters. The van der Waals surface area contributed by atoms with Crippen molar-refractivity contribution in [3.63, 3.8) is 0 Å². The SMILES string of the molecule is O=[C]c1ncccc1Br. The van der Waals surface area contributed by atoms with E-state index in [4.69, 9.17) is 0 Å². The molecule has 0 aromatic carbocycles. The zero-order chi connectivity index (χ0) is 6.69. The topological polar surface area (TPSA) is 30.0 Å². The lowest BCUT2D eigenvalue weighted by Crippen LogP contribution is -1.85. The Bertz CT molecular complexity index is 224. The van der Waals surface area contributed by atoms with Gasteiger partial charge in [0.25, 0.3) is 6.29 Å². The molecule has 1 radical (unpaired) electrons. The minimum absolute atomic E-state index is 0.317. The summed E-state index contributed by atoms with van der Waals surface area (Å²) in [5.41, 5.74) is 0.317. The number of hydrogen-bond acceptors (Lipinski definition) is 2. The molecule has 0 fully saturated rings. The van der Waals surface area contributed by atoms with Crippen LogP contribution < -0.4 is 0 Å². The van der Waals surface area contributed by atoms with Gasteiger partial charge >= 0.3 is 0 Å². The Morgan fingerprint density at radius 3 is 2.89 bits per heavy atom. The van der Waals surface area contributed by atoms with Crippen LogP contribution in [-0.2, 0) is 4.79 Å². The Morgan fingerprint density at radius 1 is 1.67 bits per heavy atom. The van der Waals surface area contributed by atoms with Crippen molar-refractivity contribution in [3.8, 4) is 0 Å². The van der Waals surface area contributed by atoms with Crippen molar-refractivity contribution in [1.29, 1.82) is 0 Å². The Balaban J connectivity index is 3.15. The first-order valence-electron chi connectivity index (χ1n) is 2.33. The van der Waals surface area contributed by atoms with Gasteiger partial charge in [0.05, 0.1) is 0 Å². The van der Waals surface area contributed by atoms with E-state index in [0.29, 0.717) is 10.2 Å². The lowest BCUT2D eigenvalue weighted by molar-refractivity contribution is 0.561. The summed E-state index contributed by atoms with van der Waals surface area (Å²) < 4.78 is 0.681. The highest BCUT2D eigenvalue weighted by molar-refractivity contribution is 9.10. The van der Waals surface area contributed by atoms with Crippen LogP contribution in [-0.4, -0.2) is 11.3 Å². The van der Waals surface area contributed by atoms with Crippen LogP contribution in [0.15, 0.2) is 22.8 Å². The Hall–Kier alpha value is -0.700. The normalized spacial score (nSPS) is 9.00. The second kappa shape index (κ2) is 2.73. The van der Waals surface area contributed by atoms with Gasteiger partial charge < -0.3 is 0 Å². The van der Waals surface area contributed by atoms with E-state index in [-0.39, 0.29) is 0 Å². The van der Waals surface area contributed by atoms with Gasteiger partial charge in [0.15, 0.2) is 0 Å². The third kappa shape index (κ3) is 1.36. The molecule has 45 valence electrons. The number of rotatable bonds is 1. The number of pyridine rings is 1. The Kier molecular flexibility index (Phi) is 1.95. The summed E-state index contributed by atoms with van der Waals surface area (Å²) in [6.45, 7) is 0. The van der Waals surface area contributed by atoms with Crippen molar-refractivity contribution < 1.29 is 4.79 Å². The fourth-order valence-corrected chi connectivity index (χ4v) is 0.797. The quantitative estimate of drug-likeness (QED) is 0.659. The number of nitrogens with zero attached hydrogens (tertiary/aromatic N) is 1. The van der Waals surface area contributed by atoms with E-state index in [0.717, 1.165) is 0 Å². The van der Waals surface area contributed by atoms with Gasteiger partial charge in [0, 0.05) is 10.7 Å². The van der Waals surface area contributed by atoms with Gasteiger partial charge in [-0.15, -0.1) is 0 Å². The molecule has 0 N–H and O–H groups in total. The first kappa shape index (κ1) is 6.42. The summed E-state index contributed by atoms with van der Waals surface area (Å²) in [6, 6.07) is 3.48. The summed E-state index contributed by atoms with van der Waals surface area (Å²) in [6.07, 6.45) is 3.23. The fraction of sp³-hybridized carbons (Fsp3) is 0. The van der Waals surface area contributed by atoms with Crippen LogP contribution in [0.3, 0.4) is 0 Å². The zero-order valence-electron chi connectivity index (χ0n) is 4.47. The van der Waals surface area contributed by atoms with Gasteiger partial charge in [-0.3, -0.25) is 9.78 Å². The van der Waals surface area contributed by atoms with Crippen LogP contribution in [0.4, 0.5) is 0 Å². The van der Waals surface area contributed by atoms with Gasteiger partial charge in [-0.2, -0.15) is 0 Å². The minimum Gasteiger partial charge on any atom is -0.283 e. The third-order valence-corrected chi connectivity index (χ3v) is 1.50. The molecule has 1 rings (SSSR count). The molecular formula is C6H3BrNO. The molecule has 0 aliphatic carbocycles. The van der Waals surface area contributed by atoms with E-state index in [1.165, 1.54) is 0 Å². The Labute approximate surface area is 61.0 Å². The predicted molar refractivity (Wildman–Crippen MR) is 36.7 cm³/mol. The van der Waals surface area contributed by atoms with E-state index in [2.05, 4.69) is 20.9 Å². The average molecular weight is 185 g/mol. The molecule has 2 nitrogen and oxygen atoms in total. The summed E-state index contributed by atoms with van der Waals surface area (Å²) in [5.74, 6) is 0. The first-order valence-corrected chi connectivity index (χ1v) is 3.12. The summed E-state index contributed by atoms with van der Waals surface area (Å²) in [5, 5.41) is 0. The lowest BCUT2D eigenvalue weighted by atomic mass is 10.4. The molecule has 0 spiro atoms. The van der Waals surface area contributed by atoms with Crippen molar-refractivity contribution in [3.05, 3.63) is 28.5 Å². The highest BCUT2D eigenvalue weighted by atomic mass is 79.9. The number of hydrogen-bond donors (Lipinski definition) is 0. The van der Waals surface area contributed by atoms with Crippen molar-refractivity contribution in [2.24, 2.45) is 0 Å². The molecule has 0 saturated heterocycles. The zero-order valence-corrected chi connectivity index (χ0v) is 6.05. The van der Waals surface area contributed by atoms with Crippen LogP contribution in [0.2, 0.25) is 0 Å². The highest BCUT2D eigenvalue weighted by Gasteiger charge is 1.95. The third-order valence-electron chi connectivity index (χ3n) is 0.855. The van der Waals surface area contributed by atoms with Gasteiger partial charge in [-0.25, -0.2) is 0 Å². The van der Waals surface area contributed by atoms with Crippen LogP contribution in [0, 0.1) is 0 Å². The molecule has 3 heteroatoms. The molecule has 1 aromatic heterocycles. The van der Waals surface area contributed by atoms with Crippen molar-refractivity contribution in [2.45, 2.75) is 0 Å². The van der Waals surface area contributed by atoms with Crippen molar-refractivity contribution in [2.75, 3.05) is 0 Å². The van der Waals surface area contributed by atoms with E-state index in [1.807, 2.05) is 0 Å². The monoisotopic (exact) mass is 184 g/mol. The number of aromatic nitrogens is 1. The van der Waals surface area contributed by atoms with E-state index >= 15 is 0 Å². The Morgan fingerprint density at radius 2 is 2.44 bits per heavy atom. The molecular weight excluding hydrogens is 182 g/mol. The summed E-state index contributed by atoms with van der Waals surface area (Å²) >= 11 is 3.13. The molecule has 0 bridgehead atoms. The molecule has 0 atom stereocenters. The maximum atomic E-state index is 10.0. The first-order chi connectivity index (χ1) is 4.34. The predicted octanol–water partition coefficient (Wildman–Crippen LogP) is 1.30. The summed E-state index contributed by atoms with van der Waals surface area (Å²) in [7, 11) is 0. The number of halogens is 1. The fourth-order valence-electron chi connectivity index (χ4n) is 0.461. The van der Waals surface area contributed by atoms with Crippen molar-refractivity contribution >= 4 is 22.2 Å². The van der Waals surface area contributed by atoms with Gasteiger partial charge in [0.2, 0.25) is 0 Å². The van der Waals surface area contributed by atoms with Crippen LogP contribution in [0.1, 0.15) is 5.69 Å². The molecule has 0 amide bonds. The van der Waals surface area contributed by atoms with Gasteiger partial charge in [-0.1, -0.05) is 0 Å². The largest absolute Gasteiger partial charge is 0.283 e. The molecule has 0 saturated carbocycles. The molecule has 0 aliphatic heterocycles. The van der Waals surface area contributed by atoms with Gasteiger partial charge in [0.1, 0.15) is 5.69 Å². The minimum atomic E-state index is 0.317. The second-order valence-corrected chi connectivity index (χ2v) is 2.29. The average Bonchev–Trinajstić information content (AvgIpc) is 1.89. The standard InChI is InChI=1S/C6H3BrNO/c7-5-2-1-3-8-6(5)4-9/h1-3H. The smallest absolute Gasteiger partial charge is 0.254 e. The lowest BCUT2D eigenvalue weighted by Gasteiger charge is -1.88. The van der Waals surface area contributed by atoms with E-state index < -0.39 is 0 Å². The molecule has 9 heavy (non-hydrogen) atoms. The second-order valence-electron chi connectivity index (χ2n) is 1.44.